The zero-order chi connectivity index (χ0) is 9.26. The maximum Gasteiger partial charge on any atom is 0.0190 e. The van der Waals surface area contributed by atoms with E-state index in [1.54, 1.807) is 5.57 Å². The second kappa shape index (κ2) is 3.83. The van der Waals surface area contributed by atoms with E-state index in [2.05, 4.69) is 24.8 Å². The van der Waals surface area contributed by atoms with Gasteiger partial charge in [0.05, 0.1) is 0 Å². The summed E-state index contributed by atoms with van der Waals surface area (Å²) in [4.78, 5) is 2.64. The first-order chi connectivity index (χ1) is 6.24. The van der Waals surface area contributed by atoms with Gasteiger partial charge < -0.3 is 0 Å². The molecule has 1 unspecified atom stereocenters. The van der Waals surface area contributed by atoms with Crippen LogP contribution < -0.4 is 0 Å². The van der Waals surface area contributed by atoms with E-state index in [4.69, 9.17) is 0 Å². The Kier molecular flexibility index (Phi) is 2.73. The Morgan fingerprint density at radius 3 is 2.77 bits per heavy atom. The largest absolute Gasteiger partial charge is 0.299 e. The molecule has 0 aromatic carbocycles. The molecule has 1 heteroatoms. The maximum atomic E-state index is 2.64. The van der Waals surface area contributed by atoms with Gasteiger partial charge in [0, 0.05) is 19.6 Å². The quantitative estimate of drug-likeness (QED) is 0.589. The molecule has 0 radical (unpaired) electrons. The summed E-state index contributed by atoms with van der Waals surface area (Å²) in [6.45, 7) is 8.46. The molecule has 1 atom stereocenters. The van der Waals surface area contributed by atoms with Crippen LogP contribution >= 0.6 is 0 Å². The van der Waals surface area contributed by atoms with Crippen LogP contribution in [0.3, 0.4) is 0 Å². The van der Waals surface area contributed by atoms with Crippen LogP contribution in [0.2, 0.25) is 0 Å². The average Bonchev–Trinajstić information content (AvgIpc) is 1.95. The van der Waals surface area contributed by atoms with Gasteiger partial charge in [0.1, 0.15) is 0 Å². The van der Waals surface area contributed by atoms with Crippen molar-refractivity contribution < 1.29 is 0 Å². The zero-order valence-corrected chi connectivity index (χ0v) is 8.92. The van der Waals surface area contributed by atoms with Gasteiger partial charge in [-0.25, -0.2) is 0 Å². The number of rotatable bonds is 2. The Bertz CT molecular complexity index is 203. The molecule has 0 bridgehead atoms. The van der Waals surface area contributed by atoms with Crippen LogP contribution in [0.15, 0.2) is 11.6 Å². The highest BCUT2D eigenvalue weighted by Gasteiger charge is 2.23. The summed E-state index contributed by atoms with van der Waals surface area (Å²) in [6, 6.07) is 0. The molecule has 1 nitrogen and oxygen atoms in total. The lowest BCUT2D eigenvalue weighted by Crippen LogP contribution is -2.38. The van der Waals surface area contributed by atoms with Gasteiger partial charge in [0.15, 0.2) is 0 Å². The van der Waals surface area contributed by atoms with Gasteiger partial charge in [-0.3, -0.25) is 4.90 Å². The van der Waals surface area contributed by atoms with Crippen molar-refractivity contribution in [2.75, 3.05) is 19.6 Å². The second-order valence-corrected chi connectivity index (χ2v) is 4.98. The van der Waals surface area contributed by atoms with Crippen LogP contribution in [-0.4, -0.2) is 24.5 Å². The third-order valence-electron chi connectivity index (χ3n) is 3.33. The molecule has 0 N–H and O–H groups in total. The maximum absolute atomic E-state index is 2.64. The van der Waals surface area contributed by atoms with E-state index < -0.39 is 0 Å². The van der Waals surface area contributed by atoms with Crippen LogP contribution in [0.5, 0.6) is 0 Å². The fraction of sp³-hybridized carbons (Fsp3) is 0.833. The van der Waals surface area contributed by atoms with E-state index in [-0.39, 0.29) is 0 Å². The molecular weight excluding hydrogens is 158 g/mol. The van der Waals surface area contributed by atoms with E-state index in [1.807, 2.05) is 0 Å². The Balaban J connectivity index is 1.83. The van der Waals surface area contributed by atoms with E-state index >= 15 is 0 Å². The lowest BCUT2D eigenvalue weighted by atomic mass is 9.84. The Hall–Kier alpha value is -0.300. The summed E-state index contributed by atoms with van der Waals surface area (Å²) in [5.41, 5.74) is 1.57. The highest BCUT2D eigenvalue weighted by molar-refractivity contribution is 5.07. The molecule has 2 rings (SSSR count). The summed E-state index contributed by atoms with van der Waals surface area (Å²) >= 11 is 0. The number of hydrogen-bond donors (Lipinski definition) is 0. The molecule has 13 heavy (non-hydrogen) atoms. The highest BCUT2D eigenvalue weighted by Crippen LogP contribution is 2.28. The standard InChI is InChI=1S/C12H21N/c1-10-6-11(2)8-13(7-10)9-12-4-3-5-12/h6,10,12H,3-5,7-9H2,1-2H3. The topological polar surface area (TPSA) is 3.24 Å². The molecule has 0 aromatic rings. The first-order valence-electron chi connectivity index (χ1n) is 5.63. The lowest BCUT2D eigenvalue weighted by Gasteiger charge is -2.35. The monoisotopic (exact) mass is 179 g/mol. The first kappa shape index (κ1) is 9.26. The summed E-state index contributed by atoms with van der Waals surface area (Å²) in [5, 5.41) is 0. The van der Waals surface area contributed by atoms with Crippen LogP contribution in [0, 0.1) is 11.8 Å². The van der Waals surface area contributed by atoms with Gasteiger partial charge in [-0.1, -0.05) is 25.0 Å². The van der Waals surface area contributed by atoms with Crippen molar-refractivity contribution in [3.8, 4) is 0 Å². The molecule has 1 aliphatic heterocycles. The van der Waals surface area contributed by atoms with Gasteiger partial charge in [-0.15, -0.1) is 0 Å². The minimum atomic E-state index is 0.772. The summed E-state index contributed by atoms with van der Waals surface area (Å²) in [7, 11) is 0. The minimum Gasteiger partial charge on any atom is -0.299 e. The molecule has 1 fully saturated rings. The predicted molar refractivity (Wildman–Crippen MR) is 56.7 cm³/mol. The Labute approximate surface area is 81.8 Å². The molecule has 0 amide bonds. The van der Waals surface area contributed by atoms with Crippen molar-refractivity contribution in [1.82, 2.24) is 4.90 Å². The van der Waals surface area contributed by atoms with E-state index in [1.165, 1.54) is 38.9 Å². The molecule has 1 heterocycles. The fourth-order valence-electron chi connectivity index (χ4n) is 2.60. The van der Waals surface area contributed by atoms with E-state index in [0.29, 0.717) is 0 Å². The van der Waals surface area contributed by atoms with Crippen LogP contribution in [-0.2, 0) is 0 Å². The highest BCUT2D eigenvalue weighted by atomic mass is 15.1. The minimum absolute atomic E-state index is 0.772. The van der Waals surface area contributed by atoms with Crippen LogP contribution in [0.4, 0.5) is 0 Å². The summed E-state index contributed by atoms with van der Waals surface area (Å²) < 4.78 is 0. The molecule has 0 spiro atoms. The molecule has 0 aromatic heterocycles. The first-order valence-corrected chi connectivity index (χ1v) is 5.63. The molecule has 1 aliphatic carbocycles. The molecule has 74 valence electrons. The van der Waals surface area contributed by atoms with Crippen molar-refractivity contribution in [2.45, 2.75) is 33.1 Å². The molecule has 1 saturated carbocycles. The fourth-order valence-corrected chi connectivity index (χ4v) is 2.60. The smallest absolute Gasteiger partial charge is 0.0190 e. The molecular formula is C12H21N. The van der Waals surface area contributed by atoms with Gasteiger partial charge >= 0.3 is 0 Å². The zero-order valence-electron chi connectivity index (χ0n) is 8.92. The number of nitrogens with zero attached hydrogens (tertiary/aromatic N) is 1. The average molecular weight is 179 g/mol. The van der Waals surface area contributed by atoms with Crippen molar-refractivity contribution in [2.24, 2.45) is 11.8 Å². The van der Waals surface area contributed by atoms with Crippen molar-refractivity contribution in [1.29, 1.82) is 0 Å². The second-order valence-electron chi connectivity index (χ2n) is 4.98. The van der Waals surface area contributed by atoms with E-state index in [0.717, 1.165) is 11.8 Å². The van der Waals surface area contributed by atoms with Crippen LogP contribution in [0.1, 0.15) is 33.1 Å². The van der Waals surface area contributed by atoms with Crippen LogP contribution in [0.25, 0.3) is 0 Å². The van der Waals surface area contributed by atoms with Gasteiger partial charge in [0.2, 0.25) is 0 Å². The lowest BCUT2D eigenvalue weighted by molar-refractivity contribution is 0.171. The van der Waals surface area contributed by atoms with Gasteiger partial charge in [0.25, 0.3) is 0 Å². The molecule has 2 aliphatic rings. The predicted octanol–water partition coefficient (Wildman–Crippen LogP) is 2.68. The molecule has 0 saturated heterocycles. The Morgan fingerprint density at radius 2 is 2.23 bits per heavy atom. The SMILES string of the molecule is CC1=CC(C)CN(CC2CCC2)C1. The van der Waals surface area contributed by atoms with E-state index in [9.17, 15) is 0 Å². The van der Waals surface area contributed by atoms with Crippen molar-refractivity contribution in [3.63, 3.8) is 0 Å². The number of hydrogen-bond acceptors (Lipinski definition) is 1. The third kappa shape index (κ3) is 2.34. The van der Waals surface area contributed by atoms with Crippen molar-refractivity contribution >= 4 is 0 Å². The van der Waals surface area contributed by atoms with Crippen molar-refractivity contribution in [3.05, 3.63) is 11.6 Å². The summed E-state index contributed by atoms with van der Waals surface area (Å²) in [5.74, 6) is 1.80. The summed E-state index contributed by atoms with van der Waals surface area (Å²) in [6.07, 6.45) is 6.86. The van der Waals surface area contributed by atoms with Gasteiger partial charge in [-0.05, 0) is 31.6 Å². The Morgan fingerprint density at radius 1 is 1.46 bits per heavy atom. The van der Waals surface area contributed by atoms with Gasteiger partial charge in [-0.2, -0.15) is 0 Å². The third-order valence-corrected chi connectivity index (χ3v) is 3.33. The normalized spacial score (nSPS) is 31.2.